The van der Waals surface area contributed by atoms with E-state index in [1.165, 1.54) is 55.9 Å². The molecule has 4 rings (SSSR count). The Morgan fingerprint density at radius 1 is 1.02 bits per heavy atom. The van der Waals surface area contributed by atoms with Crippen molar-refractivity contribution in [2.24, 2.45) is 5.92 Å². The lowest BCUT2D eigenvalue weighted by Gasteiger charge is -2.22. The zero-order valence-electron chi connectivity index (χ0n) is 24.7. The number of esters is 1. The molecule has 1 aliphatic rings. The zero-order chi connectivity index (χ0) is 32.7. The number of hydrogen-bond donors (Lipinski definition) is 0. The summed E-state index contributed by atoms with van der Waals surface area (Å²) >= 11 is 12.7. The van der Waals surface area contributed by atoms with E-state index in [1.54, 1.807) is 19.0 Å². The SMILES string of the molecule is COc1ccc(C(=O)O[C@@H](Cc2c(Cl)cncc2Cl)c2ccc(OC(F)F)c(OCC3CC3)c2)cc1OS(=O)(=O)CCN(C)C. The van der Waals surface area contributed by atoms with E-state index in [0.29, 0.717) is 23.7 Å². The minimum atomic E-state index is -4.03. The predicted octanol–water partition coefficient (Wildman–Crippen LogP) is 6.20. The van der Waals surface area contributed by atoms with Gasteiger partial charge >= 0.3 is 22.7 Å². The molecule has 2 aromatic carbocycles. The van der Waals surface area contributed by atoms with Crippen molar-refractivity contribution in [3.05, 3.63) is 75.5 Å². The highest BCUT2D eigenvalue weighted by molar-refractivity contribution is 7.87. The highest BCUT2D eigenvalue weighted by atomic mass is 35.5. The Bertz CT molecular complexity index is 1590. The largest absolute Gasteiger partial charge is 0.493 e. The normalized spacial score (nSPS) is 13.9. The monoisotopic (exact) mass is 688 g/mol. The van der Waals surface area contributed by atoms with Gasteiger partial charge in [0.25, 0.3) is 0 Å². The maximum Gasteiger partial charge on any atom is 0.387 e. The van der Waals surface area contributed by atoms with E-state index in [1.807, 2.05) is 0 Å². The molecule has 1 saturated carbocycles. The fraction of sp³-hybridized carbons (Fsp3) is 0.400. The Kier molecular flexibility index (Phi) is 11.7. The quantitative estimate of drug-likeness (QED) is 0.127. The van der Waals surface area contributed by atoms with Gasteiger partial charge in [-0.15, -0.1) is 0 Å². The molecule has 10 nitrogen and oxygen atoms in total. The van der Waals surface area contributed by atoms with Gasteiger partial charge in [-0.2, -0.15) is 17.2 Å². The van der Waals surface area contributed by atoms with E-state index in [9.17, 15) is 22.0 Å². The number of hydrogen-bond acceptors (Lipinski definition) is 10. The fourth-order valence-electron chi connectivity index (χ4n) is 4.11. The Labute approximate surface area is 270 Å². The third kappa shape index (κ3) is 10.1. The highest BCUT2D eigenvalue weighted by Gasteiger charge is 2.27. The van der Waals surface area contributed by atoms with Crippen LogP contribution in [0.3, 0.4) is 0 Å². The molecule has 0 N–H and O–H groups in total. The second-order valence-corrected chi connectivity index (χ2v) is 13.0. The first-order valence-corrected chi connectivity index (χ1v) is 16.1. The van der Waals surface area contributed by atoms with Gasteiger partial charge in [-0.1, -0.05) is 29.3 Å². The molecule has 0 amide bonds. The van der Waals surface area contributed by atoms with Gasteiger partial charge < -0.3 is 28.0 Å². The molecule has 3 aromatic rings. The van der Waals surface area contributed by atoms with Crippen LogP contribution in [-0.2, 0) is 21.3 Å². The van der Waals surface area contributed by atoms with Crippen LogP contribution in [0.5, 0.6) is 23.0 Å². The third-order valence-electron chi connectivity index (χ3n) is 6.72. The summed E-state index contributed by atoms with van der Waals surface area (Å²) in [6.45, 7) is -2.57. The first kappa shape index (κ1) is 34.5. The van der Waals surface area contributed by atoms with Gasteiger partial charge in [-0.25, -0.2) is 4.79 Å². The number of carbonyl (C=O) groups is 1. The van der Waals surface area contributed by atoms with Crippen LogP contribution in [0.15, 0.2) is 48.8 Å². The van der Waals surface area contributed by atoms with Crippen LogP contribution in [0.4, 0.5) is 8.78 Å². The Morgan fingerprint density at radius 3 is 2.33 bits per heavy atom. The van der Waals surface area contributed by atoms with Crippen molar-refractivity contribution in [2.45, 2.75) is 32.0 Å². The van der Waals surface area contributed by atoms with E-state index in [2.05, 4.69) is 9.72 Å². The van der Waals surface area contributed by atoms with Gasteiger partial charge in [0.1, 0.15) is 6.10 Å². The minimum absolute atomic E-state index is 0.0263. The molecular formula is C30H32Cl2F2N2O8S. The maximum atomic E-state index is 13.5. The molecule has 0 spiro atoms. The first-order valence-electron chi connectivity index (χ1n) is 13.8. The van der Waals surface area contributed by atoms with Gasteiger partial charge in [0.15, 0.2) is 23.0 Å². The number of pyridine rings is 1. The van der Waals surface area contributed by atoms with Gasteiger partial charge in [-0.3, -0.25) is 4.98 Å². The molecule has 1 fully saturated rings. The molecule has 15 heteroatoms. The predicted molar refractivity (Wildman–Crippen MR) is 163 cm³/mol. The van der Waals surface area contributed by atoms with Crippen LogP contribution in [0.2, 0.25) is 10.0 Å². The smallest absolute Gasteiger partial charge is 0.387 e. The molecule has 0 aliphatic heterocycles. The fourth-order valence-corrected chi connectivity index (χ4v) is 5.70. The highest BCUT2D eigenvalue weighted by Crippen LogP contribution is 2.38. The molecule has 1 heterocycles. The molecule has 1 atom stereocenters. The molecule has 45 heavy (non-hydrogen) atoms. The van der Waals surface area contributed by atoms with E-state index >= 15 is 0 Å². The Hall–Kier alpha value is -3.39. The van der Waals surface area contributed by atoms with Crippen molar-refractivity contribution in [3.63, 3.8) is 0 Å². The second kappa shape index (κ2) is 15.3. The molecule has 0 saturated heterocycles. The lowest BCUT2D eigenvalue weighted by Crippen LogP contribution is -2.25. The minimum Gasteiger partial charge on any atom is -0.493 e. The van der Waals surface area contributed by atoms with Crippen molar-refractivity contribution in [2.75, 3.05) is 40.1 Å². The van der Waals surface area contributed by atoms with E-state index in [0.717, 1.165) is 12.8 Å². The number of alkyl halides is 2. The second-order valence-electron chi connectivity index (χ2n) is 10.5. The third-order valence-corrected chi connectivity index (χ3v) is 8.49. The molecule has 0 bridgehead atoms. The van der Waals surface area contributed by atoms with Gasteiger partial charge in [0.05, 0.1) is 35.1 Å². The summed E-state index contributed by atoms with van der Waals surface area (Å²) in [7, 11) is 0.733. The molecule has 0 unspecified atom stereocenters. The molecule has 1 aliphatic carbocycles. The van der Waals surface area contributed by atoms with Gasteiger partial charge in [0, 0.05) is 31.4 Å². The number of methoxy groups -OCH3 is 1. The van der Waals surface area contributed by atoms with Crippen LogP contribution >= 0.6 is 23.2 Å². The summed E-state index contributed by atoms with van der Waals surface area (Å²) in [6, 6.07) is 8.18. The number of rotatable bonds is 16. The van der Waals surface area contributed by atoms with E-state index in [4.69, 9.17) is 41.6 Å². The van der Waals surface area contributed by atoms with Crippen molar-refractivity contribution >= 4 is 39.3 Å². The lowest BCUT2D eigenvalue weighted by atomic mass is 10.0. The average Bonchev–Trinajstić information content (AvgIpc) is 3.81. The van der Waals surface area contributed by atoms with Crippen molar-refractivity contribution in [1.82, 2.24) is 9.88 Å². The van der Waals surface area contributed by atoms with Crippen molar-refractivity contribution in [3.8, 4) is 23.0 Å². The summed E-state index contributed by atoms with van der Waals surface area (Å²) < 4.78 is 78.3. The molecule has 1 aromatic heterocycles. The summed E-state index contributed by atoms with van der Waals surface area (Å²) in [5.74, 6) is -1.08. The number of benzene rings is 2. The molecular weight excluding hydrogens is 657 g/mol. The summed E-state index contributed by atoms with van der Waals surface area (Å²) in [6.07, 6.45) is 3.61. The van der Waals surface area contributed by atoms with Crippen LogP contribution in [-0.4, -0.2) is 71.0 Å². The number of aromatic nitrogens is 1. The zero-order valence-corrected chi connectivity index (χ0v) is 27.0. The lowest BCUT2D eigenvalue weighted by molar-refractivity contribution is -0.0515. The standard InChI is InChI=1S/C30H32Cl2F2N2O8S/c1-36(2)10-11-45(38,39)44-28-13-20(7-8-24(28)40-3)29(37)42-26(14-21-22(31)15-35-16-23(21)32)19-6-9-25(43-30(33)34)27(12-19)41-17-18-4-5-18/h6-9,12-13,15-16,18,26,30H,4-5,10-11,14,17H2,1-3H3/t26-/m0/s1. The average molecular weight is 690 g/mol. The van der Waals surface area contributed by atoms with Crippen LogP contribution < -0.4 is 18.4 Å². The summed E-state index contributed by atoms with van der Waals surface area (Å²) in [5, 5.41) is 0.434. The Morgan fingerprint density at radius 2 is 1.71 bits per heavy atom. The van der Waals surface area contributed by atoms with Crippen LogP contribution in [0, 0.1) is 5.92 Å². The molecule has 244 valence electrons. The maximum absolute atomic E-state index is 13.5. The van der Waals surface area contributed by atoms with E-state index < -0.39 is 28.8 Å². The summed E-state index contributed by atoms with van der Waals surface area (Å²) in [5.41, 5.74) is 0.745. The Balaban J connectivity index is 1.67. The van der Waals surface area contributed by atoms with Crippen molar-refractivity contribution < 1.29 is 45.1 Å². The van der Waals surface area contributed by atoms with Crippen LogP contribution in [0.1, 0.15) is 40.4 Å². The van der Waals surface area contributed by atoms with Gasteiger partial charge in [-0.05, 0) is 68.2 Å². The van der Waals surface area contributed by atoms with Gasteiger partial charge in [0.2, 0.25) is 0 Å². The summed E-state index contributed by atoms with van der Waals surface area (Å²) in [4.78, 5) is 19.2. The number of carbonyl (C=O) groups excluding carboxylic acids is 1. The topological polar surface area (TPSA) is 113 Å². The number of ether oxygens (including phenoxy) is 4. The number of halogens is 4. The van der Waals surface area contributed by atoms with E-state index in [-0.39, 0.29) is 57.3 Å². The first-order chi connectivity index (χ1) is 21.3. The number of nitrogens with zero attached hydrogens (tertiary/aromatic N) is 2. The van der Waals surface area contributed by atoms with Crippen LogP contribution in [0.25, 0.3) is 0 Å². The van der Waals surface area contributed by atoms with Crippen molar-refractivity contribution in [1.29, 1.82) is 0 Å². The molecule has 0 radical (unpaired) electrons.